The molecule has 2 N–H and O–H groups in total. The van der Waals surface area contributed by atoms with Crippen molar-refractivity contribution in [1.29, 1.82) is 0 Å². The second kappa shape index (κ2) is 7.82. The van der Waals surface area contributed by atoms with E-state index in [4.69, 9.17) is 4.52 Å². The second-order valence-electron chi connectivity index (χ2n) is 8.01. The average Bonchev–Trinajstić information content (AvgIpc) is 3.36. The maximum Gasteiger partial charge on any atom is 0.298 e. The molecule has 1 amide bonds. The highest BCUT2D eigenvalue weighted by Gasteiger charge is 2.28. The van der Waals surface area contributed by atoms with Gasteiger partial charge >= 0.3 is 0 Å². The number of anilines is 3. The van der Waals surface area contributed by atoms with Crippen LogP contribution in [0.2, 0.25) is 0 Å². The Morgan fingerprint density at radius 2 is 2.16 bits per heavy atom. The molecule has 5 rings (SSSR count). The van der Waals surface area contributed by atoms with Crippen molar-refractivity contribution in [3.05, 3.63) is 47.9 Å². The van der Waals surface area contributed by atoms with Gasteiger partial charge in [-0.05, 0) is 49.4 Å². The van der Waals surface area contributed by atoms with Crippen molar-refractivity contribution < 1.29 is 9.32 Å². The highest BCUT2D eigenvalue weighted by Crippen LogP contribution is 2.34. The first-order chi connectivity index (χ1) is 15.1. The molecule has 3 aromatic rings. The number of guanidine groups is 1. The monoisotopic (exact) mass is 417 g/mol. The summed E-state index contributed by atoms with van der Waals surface area (Å²) in [6.45, 7) is 5.75. The molecule has 4 heterocycles. The molecule has 1 aromatic carbocycles. The summed E-state index contributed by atoms with van der Waals surface area (Å²) in [6.07, 6.45) is 5.05. The Kier molecular flexibility index (Phi) is 4.85. The zero-order chi connectivity index (χ0) is 21.4. The number of benzene rings is 1. The number of fused-ring (bicyclic) bond motifs is 7. The number of carbonyl (C=O) groups excluding carboxylic acids is 1. The summed E-state index contributed by atoms with van der Waals surface area (Å²) in [5.74, 6) is 1.35. The van der Waals surface area contributed by atoms with E-state index in [0.29, 0.717) is 29.1 Å². The minimum absolute atomic E-state index is 0.210. The molecule has 2 bridgehead atoms. The molecule has 0 fully saturated rings. The number of aromatic nitrogens is 3. The summed E-state index contributed by atoms with van der Waals surface area (Å²) in [5.41, 5.74) is 3.97. The fourth-order valence-electron chi connectivity index (χ4n) is 3.89. The van der Waals surface area contributed by atoms with E-state index < -0.39 is 5.91 Å². The molecule has 0 spiro atoms. The Hall–Kier alpha value is -3.75. The summed E-state index contributed by atoms with van der Waals surface area (Å²) in [5, 5.41) is 10.4. The van der Waals surface area contributed by atoms with Crippen molar-refractivity contribution in [2.45, 2.75) is 26.7 Å². The summed E-state index contributed by atoms with van der Waals surface area (Å²) < 4.78 is 5.33. The molecule has 1 atom stereocenters. The zero-order valence-electron chi connectivity index (χ0n) is 17.4. The molecule has 9 nitrogen and oxygen atoms in total. The van der Waals surface area contributed by atoms with E-state index in [1.807, 2.05) is 12.1 Å². The number of carbonyl (C=O) groups is 1. The van der Waals surface area contributed by atoms with E-state index in [1.54, 1.807) is 18.5 Å². The minimum atomic E-state index is -0.436. The van der Waals surface area contributed by atoms with Gasteiger partial charge in [0.2, 0.25) is 11.8 Å². The fourth-order valence-corrected chi connectivity index (χ4v) is 3.89. The van der Waals surface area contributed by atoms with Gasteiger partial charge in [0, 0.05) is 19.3 Å². The lowest BCUT2D eigenvalue weighted by Crippen LogP contribution is -2.35. The van der Waals surface area contributed by atoms with Gasteiger partial charge in [-0.15, -0.1) is 0 Å². The van der Waals surface area contributed by atoms with Crippen LogP contribution in [0.3, 0.4) is 0 Å². The number of aryl methyl sites for hydroxylation is 1. The molecule has 2 aliphatic heterocycles. The lowest BCUT2D eigenvalue weighted by Gasteiger charge is -2.23. The van der Waals surface area contributed by atoms with Crippen LogP contribution in [0.4, 0.5) is 17.3 Å². The van der Waals surface area contributed by atoms with Crippen molar-refractivity contribution in [3.63, 3.8) is 0 Å². The summed E-state index contributed by atoms with van der Waals surface area (Å²) in [4.78, 5) is 28.2. The van der Waals surface area contributed by atoms with Gasteiger partial charge in [0.1, 0.15) is 11.3 Å². The highest BCUT2D eigenvalue weighted by molar-refractivity contribution is 6.18. The number of nitrogens with zero attached hydrogens (tertiary/aromatic N) is 5. The Morgan fingerprint density at radius 1 is 1.26 bits per heavy atom. The standard InChI is InChI=1S/C22H23N7O2/c1-13-5-6-16-18(10-13)29-12-14(2)4-3-8-24-21-15(11-25-31-21)19-23-9-7-17(26-19)20(30)28-22(29)27-16/h5-7,9-11,14,24H,3-4,8,12H2,1-2H3,(H,27,28,30)/t14-/m1/s1. The van der Waals surface area contributed by atoms with E-state index in [2.05, 4.69) is 55.6 Å². The van der Waals surface area contributed by atoms with Crippen molar-refractivity contribution in [2.75, 3.05) is 28.6 Å². The maximum absolute atomic E-state index is 13.0. The second-order valence-corrected chi connectivity index (χ2v) is 8.01. The molecule has 2 aliphatic rings. The van der Waals surface area contributed by atoms with Gasteiger partial charge in [-0.3, -0.25) is 4.79 Å². The van der Waals surface area contributed by atoms with Crippen molar-refractivity contribution >= 4 is 29.1 Å². The molecule has 0 unspecified atom stereocenters. The average molecular weight is 417 g/mol. The van der Waals surface area contributed by atoms with Crippen LogP contribution in [0.5, 0.6) is 0 Å². The van der Waals surface area contributed by atoms with E-state index in [0.717, 1.165) is 42.9 Å². The normalized spacial score (nSPS) is 20.2. The van der Waals surface area contributed by atoms with E-state index in [1.165, 1.54) is 0 Å². The molecule has 31 heavy (non-hydrogen) atoms. The Morgan fingerprint density at radius 3 is 3.06 bits per heavy atom. The fraction of sp³-hybridized carbons (Fsp3) is 0.318. The Balaban J connectivity index is 1.57. The van der Waals surface area contributed by atoms with Crippen molar-refractivity contribution in [1.82, 2.24) is 15.1 Å². The van der Waals surface area contributed by atoms with Gasteiger partial charge in [-0.1, -0.05) is 18.1 Å². The molecular formula is C22H23N7O2. The van der Waals surface area contributed by atoms with E-state index >= 15 is 0 Å². The molecule has 0 saturated heterocycles. The Bertz CT molecular complexity index is 1170. The lowest BCUT2D eigenvalue weighted by molar-refractivity contribution is 0.0998. The van der Waals surface area contributed by atoms with Crippen LogP contribution in [0.1, 0.15) is 35.8 Å². The third-order valence-electron chi connectivity index (χ3n) is 5.49. The van der Waals surface area contributed by atoms with Gasteiger partial charge in [0.05, 0.1) is 17.6 Å². The molecule has 0 radical (unpaired) electrons. The third-order valence-corrected chi connectivity index (χ3v) is 5.49. The highest BCUT2D eigenvalue weighted by atomic mass is 16.5. The van der Waals surface area contributed by atoms with Crippen molar-refractivity contribution in [3.8, 4) is 11.4 Å². The first-order valence-corrected chi connectivity index (χ1v) is 10.4. The summed E-state index contributed by atoms with van der Waals surface area (Å²) in [6, 6.07) is 7.75. The Labute approximate surface area is 179 Å². The van der Waals surface area contributed by atoms with Crippen LogP contribution < -0.4 is 15.5 Å². The van der Waals surface area contributed by atoms with E-state index in [-0.39, 0.29) is 5.69 Å². The third kappa shape index (κ3) is 3.74. The smallest absolute Gasteiger partial charge is 0.298 e. The summed E-state index contributed by atoms with van der Waals surface area (Å²) in [7, 11) is 0. The van der Waals surface area contributed by atoms with Crippen LogP contribution in [-0.4, -0.2) is 40.1 Å². The van der Waals surface area contributed by atoms with Crippen LogP contribution in [0.25, 0.3) is 11.4 Å². The largest absolute Gasteiger partial charge is 0.353 e. The molecule has 158 valence electrons. The zero-order valence-corrected chi connectivity index (χ0v) is 17.4. The van der Waals surface area contributed by atoms with Crippen LogP contribution in [-0.2, 0) is 0 Å². The van der Waals surface area contributed by atoms with Crippen LogP contribution >= 0.6 is 0 Å². The molecule has 9 heteroatoms. The number of nitrogens with one attached hydrogen (secondary N) is 2. The van der Waals surface area contributed by atoms with Gasteiger partial charge in [-0.2, -0.15) is 4.99 Å². The van der Waals surface area contributed by atoms with Crippen molar-refractivity contribution in [2.24, 2.45) is 10.9 Å². The van der Waals surface area contributed by atoms with Crippen LogP contribution in [0.15, 0.2) is 46.2 Å². The lowest BCUT2D eigenvalue weighted by atomic mass is 10.0. The number of aliphatic imine (C=N–C) groups is 1. The molecule has 0 saturated carbocycles. The predicted molar refractivity (Wildman–Crippen MR) is 118 cm³/mol. The topological polar surface area (TPSA) is 109 Å². The molecule has 2 aromatic heterocycles. The number of rotatable bonds is 0. The number of hydrogen-bond acceptors (Lipinski definition) is 8. The SMILES string of the molecule is Cc1ccc2c(c1)N1C[C@H](C)CCCNc3oncc3-c3nccc(n3)C(=O)/N=C/1N2. The molecule has 0 aliphatic carbocycles. The van der Waals surface area contributed by atoms with Gasteiger partial charge in [-0.25, -0.2) is 9.97 Å². The quantitative estimate of drug-likeness (QED) is 0.570. The first kappa shape index (κ1) is 19.2. The van der Waals surface area contributed by atoms with Crippen LogP contribution in [0, 0.1) is 12.8 Å². The molecular weight excluding hydrogens is 394 g/mol. The number of hydrogen-bond donors (Lipinski definition) is 2. The van der Waals surface area contributed by atoms with E-state index in [9.17, 15) is 4.79 Å². The summed E-state index contributed by atoms with van der Waals surface area (Å²) >= 11 is 0. The predicted octanol–water partition coefficient (Wildman–Crippen LogP) is 3.71. The van der Waals surface area contributed by atoms with Gasteiger partial charge in [0.25, 0.3) is 5.91 Å². The minimum Gasteiger partial charge on any atom is -0.353 e. The van der Waals surface area contributed by atoms with Gasteiger partial charge < -0.3 is 20.1 Å². The number of amides is 1. The maximum atomic E-state index is 13.0. The van der Waals surface area contributed by atoms with Gasteiger partial charge in [0.15, 0.2) is 5.82 Å². The first-order valence-electron chi connectivity index (χ1n) is 10.4.